The SMILES string of the molecule is Cc1ccc(C(=O)N2CCC(c3ccc(C#N)cc3)CC2)cc1NC(=O)c1c(C)ccnc1C. The molecular formula is C28H28N4O2. The van der Waals surface area contributed by atoms with Crippen LogP contribution in [0.4, 0.5) is 5.69 Å². The Morgan fingerprint density at radius 2 is 1.71 bits per heavy atom. The lowest BCUT2D eigenvalue weighted by molar-refractivity contribution is 0.0712. The van der Waals surface area contributed by atoms with Gasteiger partial charge in [0.15, 0.2) is 0 Å². The highest BCUT2D eigenvalue weighted by Crippen LogP contribution is 2.29. The van der Waals surface area contributed by atoms with Crippen LogP contribution in [0, 0.1) is 32.1 Å². The fourth-order valence-corrected chi connectivity index (χ4v) is 4.54. The highest BCUT2D eigenvalue weighted by atomic mass is 16.2. The number of carbonyl (C=O) groups is 2. The first-order chi connectivity index (χ1) is 16.4. The van der Waals surface area contributed by atoms with Crippen LogP contribution in [-0.4, -0.2) is 34.8 Å². The zero-order valence-corrected chi connectivity index (χ0v) is 19.8. The van der Waals surface area contributed by atoms with E-state index in [2.05, 4.69) is 16.4 Å². The summed E-state index contributed by atoms with van der Waals surface area (Å²) in [4.78, 5) is 32.3. The van der Waals surface area contributed by atoms with Crippen LogP contribution in [0.5, 0.6) is 0 Å². The van der Waals surface area contributed by atoms with Crippen LogP contribution in [0.15, 0.2) is 54.7 Å². The average molecular weight is 453 g/mol. The molecule has 1 N–H and O–H groups in total. The van der Waals surface area contributed by atoms with E-state index in [1.54, 1.807) is 12.3 Å². The van der Waals surface area contributed by atoms with Crippen molar-refractivity contribution in [1.82, 2.24) is 9.88 Å². The topological polar surface area (TPSA) is 86.1 Å². The number of piperidine rings is 1. The van der Waals surface area contributed by atoms with E-state index >= 15 is 0 Å². The lowest BCUT2D eigenvalue weighted by atomic mass is 9.89. The third-order valence-corrected chi connectivity index (χ3v) is 6.60. The van der Waals surface area contributed by atoms with E-state index in [9.17, 15) is 9.59 Å². The van der Waals surface area contributed by atoms with Gasteiger partial charge in [-0.3, -0.25) is 14.6 Å². The zero-order chi connectivity index (χ0) is 24.2. The minimum atomic E-state index is -0.223. The molecular weight excluding hydrogens is 424 g/mol. The maximum atomic E-state index is 13.2. The van der Waals surface area contributed by atoms with Gasteiger partial charge in [0, 0.05) is 30.5 Å². The molecule has 0 unspecified atom stereocenters. The summed E-state index contributed by atoms with van der Waals surface area (Å²) in [5.74, 6) is 0.136. The Kier molecular flexibility index (Phi) is 6.74. The van der Waals surface area contributed by atoms with E-state index in [0.29, 0.717) is 47.1 Å². The van der Waals surface area contributed by atoms with Gasteiger partial charge in [0.25, 0.3) is 11.8 Å². The largest absolute Gasteiger partial charge is 0.339 e. The summed E-state index contributed by atoms with van der Waals surface area (Å²) in [7, 11) is 0. The minimum Gasteiger partial charge on any atom is -0.339 e. The predicted octanol–water partition coefficient (Wildman–Crippen LogP) is 5.15. The lowest BCUT2D eigenvalue weighted by Crippen LogP contribution is -2.38. The maximum absolute atomic E-state index is 13.2. The molecule has 172 valence electrons. The number of hydrogen-bond acceptors (Lipinski definition) is 4. The summed E-state index contributed by atoms with van der Waals surface area (Å²) in [6.45, 7) is 6.96. The molecule has 1 saturated heterocycles. The zero-order valence-electron chi connectivity index (χ0n) is 19.8. The fraction of sp³-hybridized carbons (Fsp3) is 0.286. The van der Waals surface area contributed by atoms with Crippen molar-refractivity contribution in [2.45, 2.75) is 39.5 Å². The van der Waals surface area contributed by atoms with Gasteiger partial charge in [0.2, 0.25) is 0 Å². The van der Waals surface area contributed by atoms with E-state index in [4.69, 9.17) is 5.26 Å². The number of amides is 2. The molecule has 0 radical (unpaired) electrons. The number of anilines is 1. The van der Waals surface area contributed by atoms with Crippen LogP contribution >= 0.6 is 0 Å². The van der Waals surface area contributed by atoms with Gasteiger partial charge < -0.3 is 10.2 Å². The molecule has 0 bridgehead atoms. The number of rotatable bonds is 4. The summed E-state index contributed by atoms with van der Waals surface area (Å²) >= 11 is 0. The van der Waals surface area contributed by atoms with Crippen molar-refractivity contribution in [1.29, 1.82) is 5.26 Å². The Bertz CT molecular complexity index is 1250. The Hall–Kier alpha value is -3.98. The molecule has 6 heteroatoms. The fourth-order valence-electron chi connectivity index (χ4n) is 4.54. The van der Waals surface area contributed by atoms with E-state index in [0.717, 1.165) is 24.0 Å². The molecule has 0 aliphatic carbocycles. The summed E-state index contributed by atoms with van der Waals surface area (Å²) in [6, 6.07) is 17.2. The molecule has 0 atom stereocenters. The molecule has 1 aliphatic heterocycles. The van der Waals surface area contributed by atoms with E-state index in [1.807, 2.05) is 68.1 Å². The Morgan fingerprint density at radius 1 is 1.00 bits per heavy atom. The smallest absolute Gasteiger partial charge is 0.257 e. The number of likely N-dealkylation sites (tertiary alicyclic amines) is 1. The van der Waals surface area contributed by atoms with Crippen molar-refractivity contribution < 1.29 is 9.59 Å². The van der Waals surface area contributed by atoms with E-state index in [-0.39, 0.29) is 11.8 Å². The molecule has 1 aliphatic rings. The molecule has 0 saturated carbocycles. The third-order valence-electron chi connectivity index (χ3n) is 6.60. The first-order valence-electron chi connectivity index (χ1n) is 11.5. The molecule has 1 fully saturated rings. The van der Waals surface area contributed by atoms with Crippen LogP contribution in [0.3, 0.4) is 0 Å². The van der Waals surface area contributed by atoms with Crippen LogP contribution in [-0.2, 0) is 0 Å². The monoisotopic (exact) mass is 452 g/mol. The predicted molar refractivity (Wildman–Crippen MR) is 132 cm³/mol. The Balaban J connectivity index is 1.44. The minimum absolute atomic E-state index is 0.0254. The van der Waals surface area contributed by atoms with Crippen molar-refractivity contribution >= 4 is 17.5 Å². The van der Waals surface area contributed by atoms with Crippen LogP contribution < -0.4 is 5.32 Å². The van der Waals surface area contributed by atoms with Crippen molar-refractivity contribution in [2.24, 2.45) is 0 Å². The highest BCUT2D eigenvalue weighted by molar-refractivity contribution is 6.07. The van der Waals surface area contributed by atoms with Gasteiger partial charge in [-0.15, -0.1) is 0 Å². The van der Waals surface area contributed by atoms with Gasteiger partial charge in [-0.25, -0.2) is 0 Å². The Labute approximate surface area is 200 Å². The normalized spacial score (nSPS) is 13.9. The van der Waals surface area contributed by atoms with Crippen LogP contribution in [0.2, 0.25) is 0 Å². The van der Waals surface area contributed by atoms with Crippen molar-refractivity contribution in [3.05, 3.63) is 93.8 Å². The highest BCUT2D eigenvalue weighted by Gasteiger charge is 2.25. The average Bonchev–Trinajstić information content (AvgIpc) is 2.85. The second-order valence-electron chi connectivity index (χ2n) is 8.87. The van der Waals surface area contributed by atoms with Crippen molar-refractivity contribution in [3.63, 3.8) is 0 Å². The van der Waals surface area contributed by atoms with Crippen LogP contribution in [0.1, 0.15) is 67.4 Å². The number of nitriles is 1. The molecule has 6 nitrogen and oxygen atoms in total. The quantitative estimate of drug-likeness (QED) is 0.593. The number of benzene rings is 2. The molecule has 2 amide bonds. The molecule has 34 heavy (non-hydrogen) atoms. The Morgan fingerprint density at radius 3 is 2.35 bits per heavy atom. The second-order valence-corrected chi connectivity index (χ2v) is 8.87. The van der Waals surface area contributed by atoms with Crippen molar-refractivity contribution in [3.8, 4) is 6.07 Å². The van der Waals surface area contributed by atoms with Gasteiger partial charge in [0.05, 0.1) is 22.9 Å². The number of aromatic nitrogens is 1. The number of nitrogens with zero attached hydrogens (tertiary/aromatic N) is 3. The third kappa shape index (κ3) is 4.84. The summed E-state index contributed by atoms with van der Waals surface area (Å²) in [5, 5.41) is 12.0. The summed E-state index contributed by atoms with van der Waals surface area (Å²) in [5.41, 5.74) is 6.06. The molecule has 3 aromatic rings. The molecule has 1 aromatic heterocycles. The first kappa shape index (κ1) is 23.2. The van der Waals surface area contributed by atoms with E-state index in [1.165, 1.54) is 5.56 Å². The molecule has 0 spiro atoms. The van der Waals surface area contributed by atoms with Gasteiger partial charge >= 0.3 is 0 Å². The number of hydrogen-bond donors (Lipinski definition) is 1. The summed E-state index contributed by atoms with van der Waals surface area (Å²) in [6.07, 6.45) is 3.45. The number of aryl methyl sites for hydroxylation is 3. The molecule has 4 rings (SSSR count). The standard InChI is InChI=1S/C28H28N4O2/c1-18-4-7-24(16-25(18)31-27(33)26-19(2)10-13-30-20(26)3)28(34)32-14-11-23(12-15-32)22-8-5-21(17-29)6-9-22/h4-10,13,16,23H,11-12,14-15H2,1-3H3,(H,31,33). The lowest BCUT2D eigenvalue weighted by Gasteiger charge is -2.32. The maximum Gasteiger partial charge on any atom is 0.257 e. The summed E-state index contributed by atoms with van der Waals surface area (Å²) < 4.78 is 0. The van der Waals surface area contributed by atoms with Crippen LogP contribution in [0.25, 0.3) is 0 Å². The van der Waals surface area contributed by atoms with Gasteiger partial charge in [-0.1, -0.05) is 18.2 Å². The van der Waals surface area contributed by atoms with Gasteiger partial charge in [-0.05, 0) is 86.6 Å². The number of carbonyl (C=O) groups excluding carboxylic acids is 2. The molecule has 2 heterocycles. The molecule has 2 aromatic carbocycles. The van der Waals surface area contributed by atoms with Gasteiger partial charge in [-0.2, -0.15) is 5.26 Å². The second kappa shape index (κ2) is 9.88. The van der Waals surface area contributed by atoms with E-state index < -0.39 is 0 Å². The van der Waals surface area contributed by atoms with Gasteiger partial charge in [0.1, 0.15) is 0 Å². The number of pyridine rings is 1. The first-order valence-corrected chi connectivity index (χ1v) is 11.5. The number of nitrogens with one attached hydrogen (secondary N) is 1. The van der Waals surface area contributed by atoms with Crippen molar-refractivity contribution in [2.75, 3.05) is 18.4 Å².